The zero-order valence-electron chi connectivity index (χ0n) is 10.8. The number of carbonyl (C=O) groups is 2. The fourth-order valence-electron chi connectivity index (χ4n) is 1.87. The molecule has 1 aliphatic heterocycles. The molecule has 1 atom stereocenters. The van der Waals surface area contributed by atoms with E-state index in [-0.39, 0.29) is 18.4 Å². The van der Waals surface area contributed by atoms with Crippen molar-refractivity contribution < 1.29 is 9.59 Å². The first kappa shape index (κ1) is 12.5. The highest BCUT2D eigenvalue weighted by atomic mass is 16.2. The number of hydrogen-bond acceptors (Lipinski definition) is 5. The van der Waals surface area contributed by atoms with Crippen molar-refractivity contribution in [2.24, 2.45) is 7.05 Å². The average Bonchev–Trinajstić information content (AvgIpc) is 2.68. The number of nitrogens with one attached hydrogen (secondary N) is 1. The summed E-state index contributed by atoms with van der Waals surface area (Å²) in [6.45, 7) is 5.23. The van der Waals surface area contributed by atoms with Crippen molar-refractivity contribution in [1.29, 1.82) is 0 Å². The van der Waals surface area contributed by atoms with E-state index in [1.807, 2.05) is 0 Å². The molecule has 1 aliphatic rings. The highest BCUT2D eigenvalue weighted by molar-refractivity contribution is 5.98. The van der Waals surface area contributed by atoms with E-state index in [1.54, 1.807) is 27.8 Å². The molecule has 0 aliphatic carbocycles. The van der Waals surface area contributed by atoms with Gasteiger partial charge in [0, 0.05) is 0 Å². The number of hydrogen-bond donors (Lipinski definition) is 1. The van der Waals surface area contributed by atoms with Gasteiger partial charge in [0.15, 0.2) is 5.82 Å². The third-order valence-electron chi connectivity index (χ3n) is 3.06. The van der Waals surface area contributed by atoms with Gasteiger partial charge in [-0.15, -0.1) is 10.2 Å². The molecule has 2 heterocycles. The van der Waals surface area contributed by atoms with Gasteiger partial charge >= 0.3 is 0 Å². The molecule has 0 saturated carbocycles. The number of aryl methyl sites for hydroxylation is 1. The zero-order valence-corrected chi connectivity index (χ0v) is 10.8. The van der Waals surface area contributed by atoms with Gasteiger partial charge in [-0.1, -0.05) is 0 Å². The zero-order chi connectivity index (χ0) is 13.5. The number of aromatic nitrogens is 4. The summed E-state index contributed by atoms with van der Waals surface area (Å²) in [4.78, 5) is 26.8. The summed E-state index contributed by atoms with van der Waals surface area (Å²) < 4.78 is 0. The average molecular weight is 252 g/mol. The second-order valence-electron chi connectivity index (χ2n) is 4.87. The summed E-state index contributed by atoms with van der Waals surface area (Å²) in [5.74, 6) is 0.0892. The number of piperazine rings is 1. The number of carbonyl (C=O) groups excluding carboxylic acids is 2. The third-order valence-corrected chi connectivity index (χ3v) is 3.06. The Morgan fingerprint density at radius 1 is 1.39 bits per heavy atom. The van der Waals surface area contributed by atoms with E-state index in [2.05, 4.69) is 20.7 Å². The Hall–Kier alpha value is -1.99. The molecule has 2 rings (SSSR count). The van der Waals surface area contributed by atoms with Crippen LogP contribution in [0.2, 0.25) is 0 Å². The molecular weight excluding hydrogens is 236 g/mol. The number of rotatable bonds is 2. The van der Waals surface area contributed by atoms with E-state index in [0.29, 0.717) is 5.82 Å². The first-order valence-electron chi connectivity index (χ1n) is 5.67. The molecule has 98 valence electrons. The summed E-state index contributed by atoms with van der Waals surface area (Å²) >= 11 is 0. The second-order valence-corrected chi connectivity index (χ2v) is 4.87. The molecule has 1 fully saturated rings. The van der Waals surface area contributed by atoms with E-state index in [4.69, 9.17) is 0 Å². The van der Waals surface area contributed by atoms with Gasteiger partial charge in [-0.2, -0.15) is 4.80 Å². The summed E-state index contributed by atoms with van der Waals surface area (Å²) in [6.07, 6.45) is 0. The SMILES string of the molecule is CC1NC(=O)C(C)(C)N(Cc2nnn(C)n2)C1=O. The predicted octanol–water partition coefficient (Wildman–Crippen LogP) is -1.16. The van der Waals surface area contributed by atoms with Crippen LogP contribution in [-0.2, 0) is 23.2 Å². The van der Waals surface area contributed by atoms with Gasteiger partial charge in [0.1, 0.15) is 11.6 Å². The Bertz CT molecular complexity index is 494. The highest BCUT2D eigenvalue weighted by Crippen LogP contribution is 2.22. The standard InChI is InChI=1S/C10H16N6O2/c1-6-8(17)16(10(2,3)9(18)11-6)5-7-12-14-15(4)13-7/h6H,5H2,1-4H3,(H,11,18). The van der Waals surface area contributed by atoms with Crippen molar-refractivity contribution >= 4 is 11.8 Å². The number of tetrazole rings is 1. The van der Waals surface area contributed by atoms with Gasteiger partial charge in [-0.25, -0.2) is 0 Å². The molecule has 8 nitrogen and oxygen atoms in total. The Kier molecular flexibility index (Phi) is 2.80. The maximum Gasteiger partial charge on any atom is 0.246 e. The van der Waals surface area contributed by atoms with Gasteiger partial charge in [-0.3, -0.25) is 9.59 Å². The molecule has 1 N–H and O–H groups in total. The molecule has 0 spiro atoms. The lowest BCUT2D eigenvalue weighted by atomic mass is 9.96. The predicted molar refractivity (Wildman–Crippen MR) is 61.0 cm³/mol. The van der Waals surface area contributed by atoms with E-state index < -0.39 is 11.6 Å². The summed E-state index contributed by atoms with van der Waals surface area (Å²) in [5.41, 5.74) is -0.914. The Morgan fingerprint density at radius 2 is 2.06 bits per heavy atom. The second kappa shape index (κ2) is 4.04. The van der Waals surface area contributed by atoms with Gasteiger partial charge < -0.3 is 10.2 Å². The van der Waals surface area contributed by atoms with Crippen LogP contribution in [0.3, 0.4) is 0 Å². The molecule has 0 radical (unpaired) electrons. The maximum absolute atomic E-state index is 12.1. The van der Waals surface area contributed by atoms with Gasteiger partial charge in [-0.05, 0) is 26.0 Å². The Labute approximate surface area is 104 Å². The van der Waals surface area contributed by atoms with E-state index in [1.165, 1.54) is 9.70 Å². The normalized spacial score (nSPS) is 23.1. The van der Waals surface area contributed by atoms with E-state index >= 15 is 0 Å². The quantitative estimate of drug-likeness (QED) is 0.716. The molecule has 1 saturated heterocycles. The van der Waals surface area contributed by atoms with E-state index in [0.717, 1.165) is 0 Å². The number of nitrogens with zero attached hydrogens (tertiary/aromatic N) is 5. The van der Waals surface area contributed by atoms with Crippen LogP contribution in [0.1, 0.15) is 26.6 Å². The first-order chi connectivity index (χ1) is 8.32. The van der Waals surface area contributed by atoms with Crippen molar-refractivity contribution in [3.63, 3.8) is 0 Å². The molecule has 1 aromatic heterocycles. The lowest BCUT2D eigenvalue weighted by Gasteiger charge is -2.42. The maximum atomic E-state index is 12.1. The van der Waals surface area contributed by atoms with Crippen LogP contribution in [0.15, 0.2) is 0 Å². The van der Waals surface area contributed by atoms with Crippen molar-refractivity contribution in [2.45, 2.75) is 38.9 Å². The van der Waals surface area contributed by atoms with Crippen LogP contribution in [-0.4, -0.2) is 48.5 Å². The minimum atomic E-state index is -0.914. The van der Waals surface area contributed by atoms with Crippen molar-refractivity contribution in [2.75, 3.05) is 0 Å². The molecule has 0 bridgehead atoms. The number of amides is 2. The molecular formula is C10H16N6O2. The van der Waals surface area contributed by atoms with Gasteiger partial charge in [0.05, 0.1) is 13.6 Å². The summed E-state index contributed by atoms with van der Waals surface area (Å²) in [6, 6.07) is -0.526. The van der Waals surface area contributed by atoms with Gasteiger partial charge in [0.2, 0.25) is 11.8 Å². The van der Waals surface area contributed by atoms with Crippen LogP contribution in [0.25, 0.3) is 0 Å². The Balaban J connectivity index is 2.27. The van der Waals surface area contributed by atoms with Crippen LogP contribution in [0.4, 0.5) is 0 Å². The highest BCUT2D eigenvalue weighted by Gasteiger charge is 2.45. The fourth-order valence-corrected chi connectivity index (χ4v) is 1.87. The minimum absolute atomic E-state index is 0.146. The lowest BCUT2D eigenvalue weighted by molar-refractivity contribution is -0.155. The van der Waals surface area contributed by atoms with Crippen molar-refractivity contribution in [1.82, 2.24) is 30.4 Å². The smallest absolute Gasteiger partial charge is 0.246 e. The van der Waals surface area contributed by atoms with Crippen molar-refractivity contribution in [3.8, 4) is 0 Å². The molecule has 0 aromatic carbocycles. The van der Waals surface area contributed by atoms with E-state index in [9.17, 15) is 9.59 Å². The first-order valence-corrected chi connectivity index (χ1v) is 5.67. The molecule has 1 unspecified atom stereocenters. The monoisotopic (exact) mass is 252 g/mol. The lowest BCUT2D eigenvalue weighted by Crippen LogP contribution is -2.67. The molecule has 2 amide bonds. The third kappa shape index (κ3) is 1.93. The largest absolute Gasteiger partial charge is 0.343 e. The Morgan fingerprint density at radius 3 is 2.61 bits per heavy atom. The van der Waals surface area contributed by atoms with Crippen LogP contribution >= 0.6 is 0 Å². The fraction of sp³-hybridized carbons (Fsp3) is 0.700. The molecule has 18 heavy (non-hydrogen) atoms. The van der Waals surface area contributed by atoms with Crippen LogP contribution in [0.5, 0.6) is 0 Å². The minimum Gasteiger partial charge on any atom is -0.343 e. The van der Waals surface area contributed by atoms with Crippen molar-refractivity contribution in [3.05, 3.63) is 5.82 Å². The van der Waals surface area contributed by atoms with Crippen LogP contribution in [0, 0.1) is 0 Å². The summed E-state index contributed by atoms with van der Waals surface area (Å²) in [7, 11) is 1.65. The molecule has 8 heteroatoms. The van der Waals surface area contributed by atoms with Crippen LogP contribution < -0.4 is 5.32 Å². The molecule has 1 aromatic rings. The topological polar surface area (TPSA) is 93.0 Å². The van der Waals surface area contributed by atoms with Gasteiger partial charge in [0.25, 0.3) is 0 Å². The summed E-state index contributed by atoms with van der Waals surface area (Å²) in [5, 5.41) is 14.2.